The van der Waals surface area contributed by atoms with Gasteiger partial charge < -0.3 is 15.8 Å². The zero-order valence-electron chi connectivity index (χ0n) is 9.86. The van der Waals surface area contributed by atoms with Crippen LogP contribution in [0.5, 0.6) is 0 Å². The lowest BCUT2D eigenvalue weighted by Crippen LogP contribution is -2.43. The summed E-state index contributed by atoms with van der Waals surface area (Å²) in [6, 6.07) is 5.46. The van der Waals surface area contributed by atoms with Gasteiger partial charge in [0.25, 0.3) is 0 Å². The van der Waals surface area contributed by atoms with Crippen LogP contribution in [-0.2, 0) is 4.74 Å². The smallest absolute Gasteiger partial charge is 0.165 e. The van der Waals surface area contributed by atoms with Crippen LogP contribution in [0.1, 0.15) is 25.5 Å². The molecule has 3 N–H and O–H groups in total. The summed E-state index contributed by atoms with van der Waals surface area (Å²) in [6.07, 6.45) is 2.06. The molecule has 2 heterocycles. The number of pyridine rings is 1. The van der Waals surface area contributed by atoms with Crippen LogP contribution in [0.3, 0.4) is 0 Å². The summed E-state index contributed by atoms with van der Waals surface area (Å²) >= 11 is 0. The van der Waals surface area contributed by atoms with Crippen molar-refractivity contribution < 1.29 is 4.74 Å². The van der Waals surface area contributed by atoms with Gasteiger partial charge in [-0.15, -0.1) is 0 Å². The Kier molecular flexibility index (Phi) is 3.16. The largest absolute Gasteiger partial charge is 0.396 e. The number of nitrogens with two attached hydrogens (primary N) is 1. The standard InChI is InChI=1S/C12H16N4O/c1-12(5-2-6-17-8-12)16-11-4-3-9(14)10(7-13)15-11/h3-4H,2,5-6,8,14H2,1H3,(H,15,16). The summed E-state index contributed by atoms with van der Waals surface area (Å²) in [7, 11) is 0. The molecular weight excluding hydrogens is 216 g/mol. The summed E-state index contributed by atoms with van der Waals surface area (Å²) in [6.45, 7) is 3.56. The van der Waals surface area contributed by atoms with Crippen LogP contribution in [0.15, 0.2) is 12.1 Å². The lowest BCUT2D eigenvalue weighted by atomic mass is 9.95. The Morgan fingerprint density at radius 1 is 1.59 bits per heavy atom. The van der Waals surface area contributed by atoms with Gasteiger partial charge in [0, 0.05) is 6.61 Å². The van der Waals surface area contributed by atoms with Gasteiger partial charge in [-0.2, -0.15) is 5.26 Å². The molecule has 0 spiro atoms. The van der Waals surface area contributed by atoms with E-state index in [0.29, 0.717) is 18.1 Å². The van der Waals surface area contributed by atoms with E-state index in [9.17, 15) is 0 Å². The van der Waals surface area contributed by atoms with E-state index in [1.807, 2.05) is 6.07 Å². The Morgan fingerprint density at radius 2 is 2.41 bits per heavy atom. The fourth-order valence-electron chi connectivity index (χ4n) is 1.97. The van der Waals surface area contributed by atoms with Gasteiger partial charge in [0.2, 0.25) is 0 Å². The van der Waals surface area contributed by atoms with E-state index in [2.05, 4.69) is 17.2 Å². The topological polar surface area (TPSA) is 84.0 Å². The molecule has 0 amide bonds. The zero-order valence-corrected chi connectivity index (χ0v) is 9.86. The first kappa shape index (κ1) is 11.7. The van der Waals surface area contributed by atoms with Gasteiger partial charge in [-0.3, -0.25) is 0 Å². The van der Waals surface area contributed by atoms with Gasteiger partial charge in [-0.1, -0.05) is 0 Å². The third kappa shape index (κ3) is 2.66. The van der Waals surface area contributed by atoms with Crippen molar-refractivity contribution in [2.75, 3.05) is 24.3 Å². The van der Waals surface area contributed by atoms with Crippen molar-refractivity contribution in [2.45, 2.75) is 25.3 Å². The van der Waals surface area contributed by atoms with E-state index in [-0.39, 0.29) is 11.2 Å². The fraction of sp³-hybridized carbons (Fsp3) is 0.500. The molecule has 1 fully saturated rings. The monoisotopic (exact) mass is 232 g/mol. The minimum Gasteiger partial charge on any atom is -0.396 e. The molecule has 1 aliphatic heterocycles. The van der Waals surface area contributed by atoms with Crippen LogP contribution < -0.4 is 11.1 Å². The predicted molar refractivity (Wildman–Crippen MR) is 65.4 cm³/mol. The predicted octanol–water partition coefficient (Wildman–Crippen LogP) is 1.52. The summed E-state index contributed by atoms with van der Waals surface area (Å²) < 4.78 is 5.46. The molecule has 90 valence electrons. The Morgan fingerprint density at radius 3 is 3.06 bits per heavy atom. The van der Waals surface area contributed by atoms with Crippen molar-refractivity contribution in [1.29, 1.82) is 5.26 Å². The minimum atomic E-state index is -0.117. The number of nitrogen functional groups attached to an aromatic ring is 1. The number of rotatable bonds is 2. The number of nitrogens with one attached hydrogen (secondary N) is 1. The second kappa shape index (κ2) is 4.60. The summed E-state index contributed by atoms with van der Waals surface area (Å²) in [5, 5.41) is 12.2. The molecule has 1 saturated heterocycles. The third-order valence-corrected chi connectivity index (χ3v) is 2.90. The first-order chi connectivity index (χ1) is 8.13. The molecule has 5 nitrogen and oxygen atoms in total. The van der Waals surface area contributed by atoms with Crippen molar-refractivity contribution in [3.8, 4) is 6.07 Å². The van der Waals surface area contributed by atoms with Gasteiger partial charge in [0.15, 0.2) is 5.69 Å². The van der Waals surface area contributed by atoms with Gasteiger partial charge in [0.05, 0.1) is 17.8 Å². The highest BCUT2D eigenvalue weighted by molar-refractivity contribution is 5.55. The molecule has 5 heteroatoms. The molecule has 17 heavy (non-hydrogen) atoms. The summed E-state index contributed by atoms with van der Waals surface area (Å²) in [5.74, 6) is 0.670. The van der Waals surface area contributed by atoms with Crippen molar-refractivity contribution >= 4 is 11.5 Å². The number of aromatic nitrogens is 1. The van der Waals surface area contributed by atoms with Gasteiger partial charge in [-0.25, -0.2) is 4.98 Å². The van der Waals surface area contributed by atoms with Gasteiger partial charge >= 0.3 is 0 Å². The average molecular weight is 232 g/mol. The second-order valence-corrected chi connectivity index (χ2v) is 4.59. The molecule has 0 bridgehead atoms. The van der Waals surface area contributed by atoms with Crippen LogP contribution in [-0.4, -0.2) is 23.7 Å². The van der Waals surface area contributed by atoms with Gasteiger partial charge in [0.1, 0.15) is 11.9 Å². The molecular formula is C12H16N4O. The molecule has 0 aliphatic carbocycles. The highest BCUT2D eigenvalue weighted by Gasteiger charge is 2.27. The van der Waals surface area contributed by atoms with Crippen LogP contribution in [0.4, 0.5) is 11.5 Å². The number of hydrogen-bond donors (Lipinski definition) is 2. The molecule has 0 saturated carbocycles. The average Bonchev–Trinajstić information content (AvgIpc) is 2.32. The highest BCUT2D eigenvalue weighted by atomic mass is 16.5. The highest BCUT2D eigenvalue weighted by Crippen LogP contribution is 2.24. The molecule has 1 aromatic rings. The maximum absolute atomic E-state index is 8.87. The second-order valence-electron chi connectivity index (χ2n) is 4.59. The SMILES string of the molecule is CC1(Nc2ccc(N)c(C#N)n2)CCCOC1. The number of nitrogens with zero attached hydrogens (tertiary/aromatic N) is 2. The van der Waals surface area contributed by atoms with Crippen molar-refractivity contribution in [3.05, 3.63) is 17.8 Å². The van der Waals surface area contributed by atoms with Crippen LogP contribution in [0.25, 0.3) is 0 Å². The Hall–Kier alpha value is -1.80. The van der Waals surface area contributed by atoms with E-state index >= 15 is 0 Å². The summed E-state index contributed by atoms with van der Waals surface area (Å²) in [5.41, 5.74) is 6.18. The van der Waals surface area contributed by atoms with E-state index in [4.69, 9.17) is 15.7 Å². The first-order valence-electron chi connectivity index (χ1n) is 5.65. The van der Waals surface area contributed by atoms with Crippen LogP contribution >= 0.6 is 0 Å². The molecule has 1 aromatic heterocycles. The van der Waals surface area contributed by atoms with Crippen molar-refractivity contribution in [2.24, 2.45) is 0 Å². The Labute approximate surface area is 101 Å². The normalized spacial score (nSPS) is 24.0. The first-order valence-corrected chi connectivity index (χ1v) is 5.65. The van der Waals surface area contributed by atoms with E-state index < -0.39 is 0 Å². The molecule has 1 atom stereocenters. The third-order valence-electron chi connectivity index (χ3n) is 2.90. The zero-order chi connectivity index (χ0) is 12.3. The fourth-order valence-corrected chi connectivity index (χ4v) is 1.97. The lowest BCUT2D eigenvalue weighted by Gasteiger charge is -2.34. The molecule has 2 rings (SSSR count). The van der Waals surface area contributed by atoms with Crippen molar-refractivity contribution in [1.82, 2.24) is 4.98 Å². The number of hydrogen-bond acceptors (Lipinski definition) is 5. The molecule has 1 aliphatic rings. The molecule has 0 radical (unpaired) electrons. The van der Waals surface area contributed by atoms with Crippen LogP contribution in [0.2, 0.25) is 0 Å². The van der Waals surface area contributed by atoms with Crippen molar-refractivity contribution in [3.63, 3.8) is 0 Å². The maximum Gasteiger partial charge on any atom is 0.165 e. The van der Waals surface area contributed by atoms with Gasteiger partial charge in [-0.05, 0) is 31.9 Å². The van der Waals surface area contributed by atoms with E-state index in [1.54, 1.807) is 12.1 Å². The number of nitriles is 1. The molecule has 0 aromatic carbocycles. The quantitative estimate of drug-likeness (QED) is 0.807. The summed E-state index contributed by atoms with van der Waals surface area (Å²) in [4.78, 5) is 4.18. The lowest BCUT2D eigenvalue weighted by molar-refractivity contribution is 0.0539. The van der Waals surface area contributed by atoms with E-state index in [1.165, 1.54) is 0 Å². The molecule has 1 unspecified atom stereocenters. The minimum absolute atomic E-state index is 0.117. The Balaban J connectivity index is 2.15. The maximum atomic E-state index is 8.87. The Bertz CT molecular complexity index is 446. The number of anilines is 2. The van der Waals surface area contributed by atoms with Crippen LogP contribution in [0, 0.1) is 11.3 Å². The van der Waals surface area contributed by atoms with E-state index in [0.717, 1.165) is 19.4 Å². The number of ether oxygens (including phenoxy) is 1.